The van der Waals surface area contributed by atoms with Crippen molar-refractivity contribution in [3.8, 4) is 11.5 Å². The molecular weight excluding hydrogens is 841 g/mol. The van der Waals surface area contributed by atoms with Gasteiger partial charge in [0.1, 0.15) is 24.1 Å². The minimum atomic E-state index is -1.60. The summed E-state index contributed by atoms with van der Waals surface area (Å²) >= 11 is 0. The molecule has 1 saturated carbocycles. The predicted octanol–water partition coefficient (Wildman–Crippen LogP) is 6.79. The molecule has 17 nitrogen and oxygen atoms in total. The standard InChI is InChI=1S/C48H60N4O13/c1-3-25-62-48-43(51(47(57)60-2)21-26-61-27-24-55)30-41(50-63-32-34-15-17-36(18-16-34)52(58)59)39-28-35(13-7-9-22-53)38(14-8-10-23-54)44(45(39)48)40-29-37(19-20-42(40)65-48)64-46(56)49-31-33-11-5-4-6-12-33/h3-6,11-12,15-20,28-29,35,38,43-45,53-55H,1,7-10,13-14,21-27,30-32H2,2H3,(H,49,56). The lowest BCUT2D eigenvalue weighted by Gasteiger charge is -2.59. The van der Waals surface area contributed by atoms with Crippen LogP contribution in [0.15, 0.2) is 102 Å². The summed E-state index contributed by atoms with van der Waals surface area (Å²) in [5, 5.41) is 48.2. The maximum absolute atomic E-state index is 14.0. The number of allylic oxidation sites excluding steroid dienone is 1. The average Bonchev–Trinajstić information content (AvgIpc) is 3.32. The third-order valence-electron chi connectivity index (χ3n) is 12.2. The third kappa shape index (κ3) is 11.9. The molecule has 0 saturated heterocycles. The first kappa shape index (κ1) is 48.6. The van der Waals surface area contributed by atoms with Crippen molar-refractivity contribution in [1.82, 2.24) is 10.2 Å². The highest BCUT2D eigenvalue weighted by Gasteiger charge is 2.65. The van der Waals surface area contributed by atoms with Crippen LogP contribution in [-0.4, -0.2) is 108 Å². The second-order valence-electron chi connectivity index (χ2n) is 16.2. The Morgan fingerprint density at radius 2 is 1.74 bits per heavy atom. The lowest BCUT2D eigenvalue weighted by atomic mass is 9.55. The van der Waals surface area contributed by atoms with Crippen LogP contribution >= 0.6 is 0 Å². The molecule has 17 heteroatoms. The van der Waals surface area contributed by atoms with Crippen LogP contribution in [0.4, 0.5) is 15.3 Å². The smallest absolute Gasteiger partial charge is 0.412 e. The lowest BCUT2D eigenvalue weighted by Crippen LogP contribution is -2.70. The van der Waals surface area contributed by atoms with Crippen molar-refractivity contribution >= 4 is 23.6 Å². The zero-order chi connectivity index (χ0) is 46.2. The van der Waals surface area contributed by atoms with Gasteiger partial charge in [-0.15, -0.1) is 6.58 Å². The molecule has 6 rings (SSSR count). The number of carbonyl (C=O) groups is 2. The van der Waals surface area contributed by atoms with Gasteiger partial charge < -0.3 is 49.2 Å². The summed E-state index contributed by atoms with van der Waals surface area (Å²) in [5.74, 6) is -2.12. The number of unbranched alkanes of at least 4 members (excludes halogenated alkanes) is 2. The van der Waals surface area contributed by atoms with Gasteiger partial charge in [-0.3, -0.25) is 15.0 Å². The van der Waals surface area contributed by atoms with Crippen LogP contribution in [0.5, 0.6) is 11.5 Å². The number of nitrogens with zero attached hydrogens (tertiary/aromatic N) is 3. The van der Waals surface area contributed by atoms with Crippen molar-refractivity contribution in [2.75, 3.05) is 53.3 Å². The second kappa shape index (κ2) is 23.9. The van der Waals surface area contributed by atoms with E-state index in [-0.39, 0.29) is 89.0 Å². The van der Waals surface area contributed by atoms with Crippen LogP contribution in [0.1, 0.15) is 67.6 Å². The zero-order valence-corrected chi connectivity index (χ0v) is 36.8. The van der Waals surface area contributed by atoms with Crippen molar-refractivity contribution in [2.45, 2.75) is 75.8 Å². The number of nitro benzene ring substituents is 1. The van der Waals surface area contributed by atoms with Crippen molar-refractivity contribution in [1.29, 1.82) is 0 Å². The molecule has 1 aliphatic heterocycles. The Balaban J connectivity index is 1.51. The number of amides is 2. The van der Waals surface area contributed by atoms with E-state index in [1.807, 2.05) is 36.4 Å². The number of hydrogen-bond donors (Lipinski definition) is 4. The van der Waals surface area contributed by atoms with Gasteiger partial charge in [-0.1, -0.05) is 60.5 Å². The van der Waals surface area contributed by atoms with Crippen molar-refractivity contribution in [3.63, 3.8) is 0 Å². The Hall–Kier alpha value is -5.85. The summed E-state index contributed by atoms with van der Waals surface area (Å²) in [6, 6.07) is 19.7. The molecule has 3 aliphatic rings. The van der Waals surface area contributed by atoms with Crippen LogP contribution in [0.25, 0.3) is 0 Å². The molecule has 3 aromatic rings. The highest BCUT2D eigenvalue weighted by molar-refractivity contribution is 6.03. The summed E-state index contributed by atoms with van der Waals surface area (Å²) in [6.07, 6.45) is 6.50. The lowest BCUT2D eigenvalue weighted by molar-refractivity contribution is -0.384. The molecule has 1 fully saturated rings. The Bertz CT molecular complexity index is 2120. The van der Waals surface area contributed by atoms with Gasteiger partial charge >= 0.3 is 12.2 Å². The normalized spacial score (nSPS) is 22.4. The number of aliphatic hydroxyl groups excluding tert-OH is 3. The molecule has 0 aromatic heterocycles. The van der Waals surface area contributed by atoms with E-state index >= 15 is 0 Å². The second-order valence-corrected chi connectivity index (χ2v) is 16.2. The van der Waals surface area contributed by atoms with E-state index < -0.39 is 40.8 Å². The number of carbonyl (C=O) groups excluding carboxylic acids is 2. The van der Waals surface area contributed by atoms with Gasteiger partial charge in [-0.25, -0.2) is 9.59 Å². The maximum Gasteiger partial charge on any atom is 0.412 e. The average molecular weight is 901 g/mol. The van der Waals surface area contributed by atoms with Crippen molar-refractivity contribution in [2.24, 2.45) is 22.9 Å². The topological polar surface area (TPSA) is 221 Å². The molecule has 3 aromatic carbocycles. The molecule has 350 valence electrons. The van der Waals surface area contributed by atoms with Crippen LogP contribution < -0.4 is 14.8 Å². The first-order valence-corrected chi connectivity index (χ1v) is 22.1. The Morgan fingerprint density at radius 3 is 2.43 bits per heavy atom. The van der Waals surface area contributed by atoms with Gasteiger partial charge in [-0.2, -0.15) is 0 Å². The minimum absolute atomic E-state index is 0.0106. The van der Waals surface area contributed by atoms with E-state index in [0.717, 1.165) is 23.1 Å². The number of rotatable bonds is 24. The number of hydrogen-bond acceptors (Lipinski definition) is 14. The Morgan fingerprint density at radius 1 is 0.985 bits per heavy atom. The fourth-order valence-corrected chi connectivity index (χ4v) is 9.34. The molecular formula is C48H60N4O13. The van der Waals surface area contributed by atoms with E-state index in [0.29, 0.717) is 49.1 Å². The van der Waals surface area contributed by atoms with E-state index in [9.17, 15) is 35.0 Å². The monoisotopic (exact) mass is 900 g/mol. The Kier molecular flexibility index (Phi) is 17.9. The number of benzene rings is 3. The maximum atomic E-state index is 14.0. The van der Waals surface area contributed by atoms with Crippen LogP contribution in [0, 0.1) is 27.9 Å². The number of nitro groups is 1. The summed E-state index contributed by atoms with van der Waals surface area (Å²) in [4.78, 5) is 45.7. The van der Waals surface area contributed by atoms with Gasteiger partial charge in [0.25, 0.3) is 5.69 Å². The van der Waals surface area contributed by atoms with Gasteiger partial charge in [0.15, 0.2) is 0 Å². The van der Waals surface area contributed by atoms with Gasteiger partial charge in [0.2, 0.25) is 5.79 Å². The van der Waals surface area contributed by atoms with E-state index in [1.54, 1.807) is 30.3 Å². The molecule has 1 heterocycles. The number of fused-ring (bicyclic) bond motifs is 2. The SMILES string of the molecule is C=CCOC12Oc3ccc(OC(=O)NCc4ccccc4)cc3C3C(CCCCO)C(CCCCO)C=C(C(=NOCc4ccc([N+](=O)[O-])cc4)CC1N(CCOCCO)C(=O)OC)C32. The molecule has 6 unspecified atom stereocenters. The minimum Gasteiger partial charge on any atom is -0.459 e. The zero-order valence-electron chi connectivity index (χ0n) is 36.8. The molecule has 0 radical (unpaired) electrons. The van der Waals surface area contributed by atoms with Crippen LogP contribution in [0.2, 0.25) is 0 Å². The number of aliphatic hydroxyl groups is 3. The summed E-state index contributed by atoms with van der Waals surface area (Å²) in [6.45, 7) is 4.16. The molecule has 2 aliphatic carbocycles. The fourth-order valence-electron chi connectivity index (χ4n) is 9.34. The first-order valence-electron chi connectivity index (χ1n) is 22.1. The Labute approximate surface area is 378 Å². The molecule has 6 atom stereocenters. The molecule has 4 N–H and O–H groups in total. The fraction of sp³-hybridized carbons (Fsp3) is 0.479. The van der Waals surface area contributed by atoms with Crippen LogP contribution in [-0.2, 0) is 32.2 Å². The van der Waals surface area contributed by atoms with Crippen molar-refractivity contribution < 1.29 is 58.4 Å². The highest BCUT2D eigenvalue weighted by Crippen LogP contribution is 2.62. The molecule has 0 bridgehead atoms. The van der Waals surface area contributed by atoms with Crippen LogP contribution in [0.3, 0.4) is 0 Å². The van der Waals surface area contributed by atoms with E-state index in [4.69, 9.17) is 33.7 Å². The molecule has 2 amide bonds. The number of non-ortho nitro benzene ring substituents is 1. The van der Waals surface area contributed by atoms with E-state index in [2.05, 4.69) is 18.0 Å². The summed E-state index contributed by atoms with van der Waals surface area (Å²) < 4.78 is 31.1. The number of ether oxygens (including phenoxy) is 5. The number of nitrogens with one attached hydrogen (secondary N) is 1. The quantitative estimate of drug-likeness (QED) is 0.0315. The number of oxime groups is 1. The molecule has 0 spiro atoms. The third-order valence-corrected chi connectivity index (χ3v) is 12.2. The number of methoxy groups -OCH3 is 1. The largest absolute Gasteiger partial charge is 0.459 e. The summed E-state index contributed by atoms with van der Waals surface area (Å²) in [5.41, 5.74) is 3.51. The van der Waals surface area contributed by atoms with Crippen molar-refractivity contribution in [3.05, 3.63) is 124 Å². The highest BCUT2D eigenvalue weighted by atomic mass is 16.7. The molecule has 65 heavy (non-hydrogen) atoms. The van der Waals surface area contributed by atoms with E-state index in [1.165, 1.54) is 24.1 Å². The van der Waals surface area contributed by atoms with Gasteiger partial charge in [-0.05, 0) is 84.6 Å². The van der Waals surface area contributed by atoms with Gasteiger partial charge in [0, 0.05) is 56.3 Å². The van der Waals surface area contributed by atoms with Gasteiger partial charge in [0.05, 0.1) is 50.1 Å². The summed E-state index contributed by atoms with van der Waals surface area (Å²) in [7, 11) is 1.28. The predicted molar refractivity (Wildman–Crippen MR) is 239 cm³/mol. The first-order chi connectivity index (χ1) is 31.7.